The van der Waals surface area contributed by atoms with Crippen molar-refractivity contribution in [2.45, 2.75) is 20.4 Å². The molecule has 0 saturated carbocycles. The number of likely N-dealkylation sites (N-methyl/N-ethyl adjacent to an activating group) is 1. The van der Waals surface area contributed by atoms with E-state index in [1.807, 2.05) is 12.1 Å². The van der Waals surface area contributed by atoms with Gasteiger partial charge in [-0.25, -0.2) is 9.59 Å². The van der Waals surface area contributed by atoms with Crippen LogP contribution in [0.3, 0.4) is 0 Å². The molecule has 2 aromatic rings. The molecule has 0 aliphatic rings. The molecule has 7 nitrogen and oxygen atoms in total. The molecular formula is C21H27N3O4. The summed E-state index contributed by atoms with van der Waals surface area (Å²) < 4.78 is 5.72. The van der Waals surface area contributed by atoms with E-state index >= 15 is 0 Å². The van der Waals surface area contributed by atoms with Gasteiger partial charge in [0.1, 0.15) is 12.4 Å². The van der Waals surface area contributed by atoms with Gasteiger partial charge in [0.25, 0.3) is 0 Å². The van der Waals surface area contributed by atoms with E-state index in [1.54, 1.807) is 24.3 Å². The maximum absolute atomic E-state index is 12.0. The first-order valence-electron chi connectivity index (χ1n) is 9.34. The zero-order valence-electron chi connectivity index (χ0n) is 16.3. The lowest BCUT2D eigenvalue weighted by Gasteiger charge is -2.18. The number of rotatable bonds is 10. The Morgan fingerprint density at radius 2 is 1.64 bits per heavy atom. The summed E-state index contributed by atoms with van der Waals surface area (Å²) >= 11 is 0. The monoisotopic (exact) mass is 385 g/mol. The molecule has 0 heterocycles. The number of carbonyl (C=O) groups is 2. The van der Waals surface area contributed by atoms with Crippen molar-refractivity contribution in [3.63, 3.8) is 0 Å². The summed E-state index contributed by atoms with van der Waals surface area (Å²) in [6.45, 7) is 8.06. The van der Waals surface area contributed by atoms with Gasteiger partial charge in [-0.1, -0.05) is 26.0 Å². The largest absolute Gasteiger partial charge is 0.492 e. The fourth-order valence-electron chi connectivity index (χ4n) is 2.59. The summed E-state index contributed by atoms with van der Waals surface area (Å²) in [6, 6.07) is 13.2. The molecule has 150 valence electrons. The Balaban J connectivity index is 1.75. The number of carbonyl (C=O) groups excluding carboxylic acids is 1. The van der Waals surface area contributed by atoms with E-state index in [2.05, 4.69) is 29.4 Å². The third-order valence-corrected chi connectivity index (χ3v) is 4.34. The molecule has 7 heteroatoms. The Morgan fingerprint density at radius 3 is 2.21 bits per heavy atom. The van der Waals surface area contributed by atoms with E-state index in [9.17, 15) is 9.59 Å². The standard InChI is InChI=1S/C21H27N3O4/c1-3-24(4-2)13-14-28-19-11-9-18(10-12-19)23-21(27)22-15-16-5-7-17(8-6-16)20(25)26/h5-12H,3-4,13-15H2,1-2H3,(H,25,26)(H2,22,23,27). The van der Waals surface area contributed by atoms with E-state index in [1.165, 1.54) is 12.1 Å². The summed E-state index contributed by atoms with van der Waals surface area (Å²) in [6.07, 6.45) is 0. The van der Waals surface area contributed by atoms with Gasteiger partial charge in [0.15, 0.2) is 0 Å². The number of carboxylic acids is 1. The van der Waals surface area contributed by atoms with Crippen molar-refractivity contribution < 1.29 is 19.4 Å². The van der Waals surface area contributed by atoms with Gasteiger partial charge >= 0.3 is 12.0 Å². The number of carboxylic acid groups (broad SMARTS) is 1. The maximum atomic E-state index is 12.0. The van der Waals surface area contributed by atoms with Crippen LogP contribution in [0.2, 0.25) is 0 Å². The smallest absolute Gasteiger partial charge is 0.335 e. The topological polar surface area (TPSA) is 90.9 Å². The highest BCUT2D eigenvalue weighted by Crippen LogP contribution is 2.15. The van der Waals surface area contributed by atoms with Gasteiger partial charge in [0, 0.05) is 18.8 Å². The molecule has 0 aromatic heterocycles. The normalized spacial score (nSPS) is 10.5. The third kappa shape index (κ3) is 6.92. The average molecular weight is 385 g/mol. The predicted octanol–water partition coefficient (Wildman–Crippen LogP) is 3.43. The molecule has 28 heavy (non-hydrogen) atoms. The molecule has 0 saturated heterocycles. The van der Waals surface area contributed by atoms with Crippen LogP contribution in [0.1, 0.15) is 29.8 Å². The molecular weight excluding hydrogens is 358 g/mol. The SMILES string of the molecule is CCN(CC)CCOc1ccc(NC(=O)NCc2ccc(C(=O)O)cc2)cc1. The van der Waals surface area contributed by atoms with Gasteiger partial charge in [-0.15, -0.1) is 0 Å². The molecule has 0 fully saturated rings. The number of ether oxygens (including phenoxy) is 1. The lowest BCUT2D eigenvalue weighted by molar-refractivity contribution is 0.0697. The van der Waals surface area contributed by atoms with E-state index in [4.69, 9.17) is 9.84 Å². The van der Waals surface area contributed by atoms with Crippen LogP contribution < -0.4 is 15.4 Å². The summed E-state index contributed by atoms with van der Waals surface area (Å²) in [5.74, 6) is -0.214. The van der Waals surface area contributed by atoms with Gasteiger partial charge in [0.2, 0.25) is 0 Å². The molecule has 0 aliphatic heterocycles. The van der Waals surface area contributed by atoms with Crippen LogP contribution in [0.15, 0.2) is 48.5 Å². The molecule has 0 spiro atoms. The minimum Gasteiger partial charge on any atom is -0.492 e. The summed E-state index contributed by atoms with van der Waals surface area (Å²) in [5, 5.41) is 14.4. The Morgan fingerprint density at radius 1 is 1.00 bits per heavy atom. The Kier molecular flexibility index (Phi) is 8.30. The number of hydrogen-bond acceptors (Lipinski definition) is 4. The first-order chi connectivity index (χ1) is 13.5. The minimum atomic E-state index is -0.974. The number of urea groups is 1. The van der Waals surface area contributed by atoms with Crippen LogP contribution in [0, 0.1) is 0 Å². The Labute approximate surface area is 165 Å². The molecule has 0 bridgehead atoms. The summed E-state index contributed by atoms with van der Waals surface area (Å²) in [7, 11) is 0. The van der Waals surface area contributed by atoms with Gasteiger partial charge in [-0.3, -0.25) is 0 Å². The predicted molar refractivity (Wildman–Crippen MR) is 109 cm³/mol. The second-order valence-electron chi connectivity index (χ2n) is 6.21. The number of benzene rings is 2. The molecule has 3 N–H and O–H groups in total. The van der Waals surface area contributed by atoms with E-state index in [-0.39, 0.29) is 11.6 Å². The van der Waals surface area contributed by atoms with Crippen LogP contribution in [-0.4, -0.2) is 48.2 Å². The first kappa shape index (κ1) is 21.2. The van der Waals surface area contributed by atoms with Gasteiger partial charge in [-0.05, 0) is 55.1 Å². The molecule has 0 unspecified atom stereocenters. The second kappa shape index (κ2) is 10.9. The zero-order valence-corrected chi connectivity index (χ0v) is 16.3. The number of anilines is 1. The highest BCUT2D eigenvalue weighted by atomic mass is 16.5. The molecule has 2 aromatic carbocycles. The first-order valence-corrected chi connectivity index (χ1v) is 9.34. The maximum Gasteiger partial charge on any atom is 0.335 e. The second-order valence-corrected chi connectivity index (χ2v) is 6.21. The molecule has 0 radical (unpaired) electrons. The van der Waals surface area contributed by atoms with Gasteiger partial charge in [0.05, 0.1) is 5.56 Å². The number of nitrogens with zero attached hydrogens (tertiary/aromatic N) is 1. The molecule has 2 amide bonds. The van der Waals surface area contributed by atoms with Crippen molar-refractivity contribution >= 4 is 17.7 Å². The Bertz CT molecular complexity index is 756. The van der Waals surface area contributed by atoms with E-state index < -0.39 is 5.97 Å². The average Bonchev–Trinajstić information content (AvgIpc) is 2.71. The van der Waals surface area contributed by atoms with Crippen LogP contribution in [0.5, 0.6) is 5.75 Å². The lowest BCUT2D eigenvalue weighted by atomic mass is 10.1. The molecule has 0 atom stereocenters. The minimum absolute atomic E-state index is 0.215. The van der Waals surface area contributed by atoms with E-state index in [0.29, 0.717) is 18.8 Å². The summed E-state index contributed by atoms with van der Waals surface area (Å²) in [5.41, 5.74) is 1.69. The Hall–Kier alpha value is -3.06. The highest BCUT2D eigenvalue weighted by Gasteiger charge is 2.05. The summed E-state index contributed by atoms with van der Waals surface area (Å²) in [4.78, 5) is 25.1. The molecule has 2 rings (SSSR count). The van der Waals surface area contributed by atoms with Crippen LogP contribution >= 0.6 is 0 Å². The fraction of sp³-hybridized carbons (Fsp3) is 0.333. The van der Waals surface area contributed by atoms with Crippen LogP contribution in [0.4, 0.5) is 10.5 Å². The van der Waals surface area contributed by atoms with Crippen molar-refractivity contribution in [2.75, 3.05) is 31.6 Å². The van der Waals surface area contributed by atoms with Gasteiger partial charge < -0.3 is 25.4 Å². The third-order valence-electron chi connectivity index (χ3n) is 4.34. The van der Waals surface area contributed by atoms with Crippen molar-refractivity contribution in [2.24, 2.45) is 0 Å². The van der Waals surface area contributed by atoms with Crippen molar-refractivity contribution in [3.8, 4) is 5.75 Å². The van der Waals surface area contributed by atoms with Crippen molar-refractivity contribution in [1.29, 1.82) is 0 Å². The fourth-order valence-corrected chi connectivity index (χ4v) is 2.59. The quantitative estimate of drug-likeness (QED) is 0.583. The van der Waals surface area contributed by atoms with Gasteiger partial charge in [-0.2, -0.15) is 0 Å². The van der Waals surface area contributed by atoms with E-state index in [0.717, 1.165) is 30.9 Å². The molecule has 0 aliphatic carbocycles. The highest BCUT2D eigenvalue weighted by molar-refractivity contribution is 5.89. The van der Waals surface area contributed by atoms with Crippen molar-refractivity contribution in [3.05, 3.63) is 59.7 Å². The number of hydrogen-bond donors (Lipinski definition) is 3. The number of nitrogens with one attached hydrogen (secondary N) is 2. The van der Waals surface area contributed by atoms with Crippen LogP contribution in [0.25, 0.3) is 0 Å². The lowest BCUT2D eigenvalue weighted by Crippen LogP contribution is -2.28. The zero-order chi connectivity index (χ0) is 20.4. The number of amides is 2. The number of aromatic carboxylic acids is 1. The van der Waals surface area contributed by atoms with Crippen LogP contribution in [-0.2, 0) is 6.54 Å². The van der Waals surface area contributed by atoms with Crippen molar-refractivity contribution in [1.82, 2.24) is 10.2 Å².